The average molecular weight is 502 g/mol. The van der Waals surface area contributed by atoms with Crippen LogP contribution in [0.2, 0.25) is 5.02 Å². The van der Waals surface area contributed by atoms with E-state index in [4.69, 9.17) is 16.4 Å². The van der Waals surface area contributed by atoms with E-state index in [2.05, 4.69) is 20.7 Å². The smallest absolute Gasteiger partial charge is 0.277 e. The van der Waals surface area contributed by atoms with Crippen LogP contribution >= 0.6 is 11.6 Å². The number of nitrogens with one attached hydrogen (secondary N) is 2. The Kier molecular flexibility index (Phi) is 6.93. The van der Waals surface area contributed by atoms with Crippen LogP contribution in [-0.2, 0) is 11.4 Å². The molecule has 2 aliphatic rings. The highest BCUT2D eigenvalue weighted by Gasteiger charge is 2.25. The number of aliphatic hydroxyl groups is 1. The van der Waals surface area contributed by atoms with Gasteiger partial charge in [0.1, 0.15) is 5.52 Å². The van der Waals surface area contributed by atoms with Gasteiger partial charge in [0.15, 0.2) is 5.82 Å². The van der Waals surface area contributed by atoms with Crippen molar-refractivity contribution in [2.75, 3.05) is 31.6 Å². The molecule has 2 aromatic carbocycles. The largest absolute Gasteiger partial charge is 0.392 e. The molecule has 1 atom stereocenters. The predicted octanol–water partition coefficient (Wildman–Crippen LogP) is 4.02. The Bertz CT molecular complexity index is 1250. The number of hydrogen-bond donors (Lipinski definition) is 3. The maximum absolute atomic E-state index is 15.8. The minimum Gasteiger partial charge on any atom is -0.392 e. The van der Waals surface area contributed by atoms with Crippen LogP contribution in [0, 0.1) is 18.7 Å². The van der Waals surface area contributed by atoms with Crippen molar-refractivity contribution in [2.24, 2.45) is 5.92 Å². The molecule has 0 spiro atoms. The van der Waals surface area contributed by atoms with E-state index < -0.39 is 11.7 Å². The van der Waals surface area contributed by atoms with Crippen LogP contribution in [0.5, 0.6) is 0 Å². The molecule has 1 amide bonds. The third-order valence-electron chi connectivity index (χ3n) is 6.57. The van der Waals surface area contributed by atoms with Crippen LogP contribution in [0.25, 0.3) is 11.0 Å². The third kappa shape index (κ3) is 5.43. The van der Waals surface area contributed by atoms with Gasteiger partial charge in [-0.1, -0.05) is 17.7 Å². The first-order chi connectivity index (χ1) is 16.9. The molecule has 35 heavy (non-hydrogen) atoms. The number of hydroxylamine groups is 1. The van der Waals surface area contributed by atoms with E-state index in [0.29, 0.717) is 48.4 Å². The van der Waals surface area contributed by atoms with Crippen LogP contribution in [0.4, 0.5) is 15.8 Å². The molecule has 1 aliphatic heterocycles. The number of imidazole rings is 1. The molecule has 0 bridgehead atoms. The van der Waals surface area contributed by atoms with Crippen LogP contribution in [0.15, 0.2) is 30.6 Å². The quantitative estimate of drug-likeness (QED) is 0.384. The van der Waals surface area contributed by atoms with Crippen LogP contribution in [-0.4, -0.2) is 57.8 Å². The van der Waals surface area contributed by atoms with E-state index in [0.717, 1.165) is 31.4 Å². The van der Waals surface area contributed by atoms with Gasteiger partial charge in [-0.3, -0.25) is 14.5 Å². The summed E-state index contributed by atoms with van der Waals surface area (Å²) in [6, 6.07) is 7.00. The lowest BCUT2D eigenvalue weighted by Gasteiger charge is -2.17. The minimum absolute atomic E-state index is 0.0105. The number of halogens is 2. The van der Waals surface area contributed by atoms with Gasteiger partial charge in [0.2, 0.25) is 0 Å². The van der Waals surface area contributed by atoms with E-state index in [1.807, 2.05) is 17.6 Å². The summed E-state index contributed by atoms with van der Waals surface area (Å²) < 4.78 is 17.6. The second-order valence-electron chi connectivity index (χ2n) is 9.46. The van der Waals surface area contributed by atoms with Gasteiger partial charge in [-0.05, 0) is 55.9 Å². The molecule has 5 rings (SSSR count). The molecule has 2 fully saturated rings. The van der Waals surface area contributed by atoms with Crippen molar-refractivity contribution in [2.45, 2.75) is 38.8 Å². The van der Waals surface area contributed by atoms with Crippen LogP contribution in [0.1, 0.15) is 35.2 Å². The molecule has 8 nitrogen and oxygen atoms in total. The van der Waals surface area contributed by atoms with Gasteiger partial charge in [-0.2, -0.15) is 0 Å². The lowest BCUT2D eigenvalue weighted by atomic mass is 10.1. The van der Waals surface area contributed by atoms with Crippen molar-refractivity contribution in [3.05, 3.63) is 52.6 Å². The Balaban J connectivity index is 1.46. The maximum atomic E-state index is 15.8. The number of aliphatic hydroxyl groups excluding tert-OH is 1. The van der Waals surface area contributed by atoms with E-state index in [-0.39, 0.29) is 22.9 Å². The summed E-state index contributed by atoms with van der Waals surface area (Å²) in [7, 11) is 0. The van der Waals surface area contributed by atoms with Gasteiger partial charge in [-0.15, -0.1) is 0 Å². The summed E-state index contributed by atoms with van der Waals surface area (Å²) in [5.74, 6) is -0.724. The van der Waals surface area contributed by atoms with E-state index in [1.165, 1.54) is 0 Å². The Morgan fingerprint density at radius 2 is 2.11 bits per heavy atom. The fourth-order valence-corrected chi connectivity index (χ4v) is 4.60. The van der Waals surface area contributed by atoms with E-state index in [1.54, 1.807) is 24.5 Å². The number of likely N-dealkylation sites (tertiary alicyclic amines) is 1. The fourth-order valence-electron chi connectivity index (χ4n) is 4.32. The molecule has 1 aromatic heterocycles. The molecule has 2 heterocycles. The number of amides is 1. The van der Waals surface area contributed by atoms with Crippen molar-refractivity contribution in [1.29, 1.82) is 0 Å². The first-order valence-corrected chi connectivity index (χ1v) is 12.3. The number of aromatic nitrogens is 2. The molecule has 1 aliphatic carbocycles. The van der Waals surface area contributed by atoms with Gasteiger partial charge in [0.25, 0.3) is 5.91 Å². The third-order valence-corrected chi connectivity index (χ3v) is 6.88. The number of benzene rings is 2. The van der Waals surface area contributed by atoms with Gasteiger partial charge in [0.05, 0.1) is 46.5 Å². The standard InChI is InChI=1S/C25H29ClFN5O3/c1-15-2-5-20(19(26)10-15)29-23-18(25(34)30-35-13-16-3-4-16)11-21-24(22(23)27)28-14-32(21)9-8-31-7-6-17(33)12-31/h2,5,10-11,14,16-17,29,33H,3-4,6-9,12-13H2,1H3,(H,30,34). The van der Waals surface area contributed by atoms with Crippen molar-refractivity contribution in [3.8, 4) is 0 Å². The molecule has 1 saturated heterocycles. The number of carbonyl (C=O) groups excluding carboxylic acids is 1. The highest BCUT2D eigenvalue weighted by Crippen LogP contribution is 2.34. The SMILES string of the molecule is Cc1ccc(Nc2c(C(=O)NOCC3CC3)cc3c(ncn3CCN3CCC(O)C3)c2F)c(Cl)c1. The Morgan fingerprint density at radius 1 is 1.29 bits per heavy atom. The monoisotopic (exact) mass is 501 g/mol. The number of fused-ring (bicyclic) bond motifs is 1. The molecule has 3 aromatic rings. The first-order valence-electron chi connectivity index (χ1n) is 11.9. The number of nitrogens with zero attached hydrogens (tertiary/aromatic N) is 3. The van der Waals surface area contributed by atoms with Gasteiger partial charge in [0, 0.05) is 26.2 Å². The first kappa shape index (κ1) is 24.0. The molecule has 186 valence electrons. The zero-order valence-electron chi connectivity index (χ0n) is 19.6. The summed E-state index contributed by atoms with van der Waals surface area (Å²) in [4.78, 5) is 24.9. The zero-order valence-corrected chi connectivity index (χ0v) is 20.3. The van der Waals surface area contributed by atoms with Gasteiger partial charge < -0.3 is 15.0 Å². The molecule has 10 heteroatoms. The van der Waals surface area contributed by atoms with Crippen molar-refractivity contribution in [1.82, 2.24) is 19.9 Å². The molecule has 3 N–H and O–H groups in total. The number of aryl methyl sites for hydroxylation is 1. The van der Waals surface area contributed by atoms with Crippen molar-refractivity contribution in [3.63, 3.8) is 0 Å². The minimum atomic E-state index is -0.637. The van der Waals surface area contributed by atoms with Crippen molar-refractivity contribution < 1.29 is 19.1 Å². The van der Waals surface area contributed by atoms with Gasteiger partial charge >= 0.3 is 0 Å². The van der Waals surface area contributed by atoms with Crippen LogP contribution in [0.3, 0.4) is 0 Å². The number of carbonyl (C=O) groups is 1. The normalized spacial score (nSPS) is 18.3. The summed E-state index contributed by atoms with van der Waals surface area (Å²) in [6.45, 7) is 5.03. The average Bonchev–Trinajstić information content (AvgIpc) is 3.41. The van der Waals surface area contributed by atoms with E-state index >= 15 is 4.39 Å². The Hall–Kier alpha value is -2.72. The maximum Gasteiger partial charge on any atom is 0.277 e. The molecular formula is C25H29ClFN5O3. The Morgan fingerprint density at radius 3 is 2.83 bits per heavy atom. The zero-order chi connectivity index (χ0) is 24.5. The summed E-state index contributed by atoms with van der Waals surface area (Å²) in [5.41, 5.74) is 4.66. The second-order valence-corrected chi connectivity index (χ2v) is 9.86. The Labute approximate surface area is 208 Å². The van der Waals surface area contributed by atoms with Gasteiger partial charge in [-0.25, -0.2) is 14.9 Å². The molecule has 1 saturated carbocycles. The highest BCUT2D eigenvalue weighted by molar-refractivity contribution is 6.33. The number of anilines is 2. The molecule has 0 radical (unpaired) electrons. The lowest BCUT2D eigenvalue weighted by molar-refractivity contribution is 0.0271. The van der Waals surface area contributed by atoms with Crippen molar-refractivity contribution >= 4 is 39.9 Å². The molecule has 1 unspecified atom stereocenters. The number of hydrogen-bond acceptors (Lipinski definition) is 6. The summed E-state index contributed by atoms with van der Waals surface area (Å²) in [6.07, 6.45) is 4.19. The fraction of sp³-hybridized carbons (Fsp3) is 0.440. The van der Waals surface area contributed by atoms with E-state index in [9.17, 15) is 9.90 Å². The molecular weight excluding hydrogens is 473 g/mol. The summed E-state index contributed by atoms with van der Waals surface area (Å²) in [5, 5.41) is 13.2. The second kappa shape index (κ2) is 10.1. The highest BCUT2D eigenvalue weighted by atomic mass is 35.5. The lowest BCUT2D eigenvalue weighted by Crippen LogP contribution is -2.26. The topological polar surface area (TPSA) is 91.7 Å². The predicted molar refractivity (Wildman–Crippen MR) is 132 cm³/mol. The number of β-amino-alcohol motifs (C(OH)–C–C–N with tert-alkyl or cyclic N) is 1. The van der Waals surface area contributed by atoms with Crippen LogP contribution < -0.4 is 10.8 Å². The number of rotatable bonds is 9. The summed E-state index contributed by atoms with van der Waals surface area (Å²) >= 11 is 6.37.